The number of nitrogens with zero attached hydrogens (tertiary/aromatic N) is 3. The number of amides is 5. The highest BCUT2D eigenvalue weighted by molar-refractivity contribution is 6.31. The molecule has 1 atom stereocenters. The molecule has 15 heteroatoms. The summed E-state index contributed by atoms with van der Waals surface area (Å²) in [4.78, 5) is 63.7. The van der Waals surface area contributed by atoms with Crippen molar-refractivity contribution in [1.29, 1.82) is 0 Å². The van der Waals surface area contributed by atoms with E-state index >= 15 is 0 Å². The molecule has 5 amide bonds. The number of piperidine rings is 1. The fourth-order valence-corrected chi connectivity index (χ4v) is 4.76. The molecule has 2 aliphatic heterocycles. The summed E-state index contributed by atoms with van der Waals surface area (Å²) in [5.41, 5.74) is 13.7. The number of nitrogen functional groups attached to an aromatic ring is 1. The number of anilines is 2. The van der Waals surface area contributed by atoms with Crippen molar-refractivity contribution in [2.24, 2.45) is 21.7 Å². The number of hydrogen-bond acceptors (Lipinski definition) is 11. The number of rotatable bonds is 12. The van der Waals surface area contributed by atoms with Crippen molar-refractivity contribution in [2.75, 3.05) is 37.8 Å². The number of fused-ring (bicyclic) bond motifs is 1. The molecular weight excluding hydrogens is 570 g/mol. The van der Waals surface area contributed by atoms with E-state index in [1.165, 1.54) is 4.90 Å². The molecule has 234 valence electrons. The van der Waals surface area contributed by atoms with E-state index in [2.05, 4.69) is 31.8 Å². The minimum atomic E-state index is -0.712. The number of carbonyl (C=O) groups is 5. The predicted molar refractivity (Wildman–Crippen MR) is 165 cm³/mol. The molecule has 0 radical (unpaired) electrons. The van der Waals surface area contributed by atoms with Crippen molar-refractivity contribution in [2.45, 2.75) is 38.3 Å². The Labute approximate surface area is 254 Å². The van der Waals surface area contributed by atoms with Crippen LogP contribution in [-0.2, 0) is 32.1 Å². The van der Waals surface area contributed by atoms with Crippen molar-refractivity contribution in [3.8, 4) is 5.75 Å². The quantitative estimate of drug-likeness (QED) is 0.0352. The van der Waals surface area contributed by atoms with E-state index in [-0.39, 0.29) is 49.9 Å². The summed E-state index contributed by atoms with van der Waals surface area (Å²) in [7, 11) is 1.56. The number of hydrogen-bond donors (Lipinski definition) is 6. The highest BCUT2D eigenvalue weighted by Gasteiger charge is 2.39. The SMILES string of the molecule is COc1cc(C/C(C=NCCNCCC(=O)Nc2cccc3c2CN(C2CCC(=O)NC2=O)C3=O)=N/N)ccc1N.NC=O. The number of nitrogens with two attached hydrogens (primary N) is 3. The van der Waals surface area contributed by atoms with Gasteiger partial charge in [0.15, 0.2) is 0 Å². The Kier molecular flexibility index (Phi) is 12.3. The summed E-state index contributed by atoms with van der Waals surface area (Å²) in [5.74, 6) is 4.78. The molecule has 2 heterocycles. The Morgan fingerprint density at radius 1 is 1.20 bits per heavy atom. The van der Waals surface area contributed by atoms with Crippen LogP contribution in [0.25, 0.3) is 0 Å². The summed E-state index contributed by atoms with van der Waals surface area (Å²) in [5, 5.41) is 12.1. The first-order valence-electron chi connectivity index (χ1n) is 13.8. The topological polar surface area (TPSA) is 237 Å². The average molecular weight is 608 g/mol. The summed E-state index contributed by atoms with van der Waals surface area (Å²) < 4.78 is 5.24. The number of aliphatic imine (C=N–C) groups is 1. The number of ether oxygens (including phenoxy) is 1. The molecular formula is C29H37N9O6. The molecule has 0 bridgehead atoms. The fraction of sp³-hybridized carbons (Fsp3) is 0.345. The fourth-order valence-electron chi connectivity index (χ4n) is 4.76. The standard InChI is InChI=1S/C28H34N8O5.CH3NO/c1-41-24-14-17(5-6-21(24)29)13-18(35-30)15-32-12-11-31-10-9-26(38)33-22-4-2-3-19-20(22)16-36(28(19)40)23-7-8-25(37)34-27(23)39;2-1-3/h2-6,14-15,23,31H,7-13,16,29-30H2,1H3,(H,33,38)(H,34,37,39);1H,(H2,2,3)/b32-15?,35-18-;. The Hall–Kier alpha value is -5.31. The molecule has 2 aromatic rings. The maximum Gasteiger partial charge on any atom is 0.255 e. The van der Waals surface area contributed by atoms with E-state index in [1.54, 1.807) is 37.6 Å². The summed E-state index contributed by atoms with van der Waals surface area (Å²) in [6.07, 6.45) is 3.02. The average Bonchev–Trinajstić information content (AvgIpc) is 3.34. The van der Waals surface area contributed by atoms with Crippen molar-refractivity contribution >= 4 is 53.3 Å². The number of benzene rings is 2. The Bertz CT molecular complexity index is 1440. The minimum Gasteiger partial charge on any atom is -0.495 e. The molecule has 0 spiro atoms. The molecule has 1 saturated heterocycles. The van der Waals surface area contributed by atoms with Gasteiger partial charge in [-0.15, -0.1) is 0 Å². The zero-order valence-corrected chi connectivity index (χ0v) is 24.4. The van der Waals surface area contributed by atoms with Crippen LogP contribution < -0.4 is 38.0 Å². The molecule has 2 aliphatic rings. The van der Waals surface area contributed by atoms with Gasteiger partial charge in [-0.1, -0.05) is 12.1 Å². The number of carbonyl (C=O) groups excluding carboxylic acids is 5. The van der Waals surface area contributed by atoms with E-state index in [0.717, 1.165) is 5.56 Å². The monoisotopic (exact) mass is 607 g/mol. The van der Waals surface area contributed by atoms with Gasteiger partial charge in [-0.25, -0.2) is 0 Å². The zero-order chi connectivity index (χ0) is 32.1. The highest BCUT2D eigenvalue weighted by atomic mass is 16.5. The maximum atomic E-state index is 13.0. The van der Waals surface area contributed by atoms with Gasteiger partial charge >= 0.3 is 0 Å². The third-order valence-electron chi connectivity index (χ3n) is 6.89. The normalized spacial score (nSPS) is 16.2. The second kappa shape index (κ2) is 16.4. The number of hydrazone groups is 1. The predicted octanol–water partition coefficient (Wildman–Crippen LogP) is -0.314. The zero-order valence-electron chi connectivity index (χ0n) is 24.4. The van der Waals surface area contributed by atoms with Crippen LogP contribution in [0.3, 0.4) is 0 Å². The number of nitrogens with one attached hydrogen (secondary N) is 3. The summed E-state index contributed by atoms with van der Waals surface area (Å²) in [6.45, 7) is 1.64. The van der Waals surface area contributed by atoms with Gasteiger partial charge in [-0.3, -0.25) is 34.3 Å². The lowest BCUT2D eigenvalue weighted by atomic mass is 10.0. The second-order valence-electron chi connectivity index (χ2n) is 9.82. The number of primary amides is 1. The van der Waals surface area contributed by atoms with E-state index in [0.29, 0.717) is 60.0 Å². The first-order valence-corrected chi connectivity index (χ1v) is 13.8. The van der Waals surface area contributed by atoms with Crippen molar-refractivity contribution < 1.29 is 28.7 Å². The molecule has 4 rings (SSSR count). The third kappa shape index (κ3) is 8.84. The van der Waals surface area contributed by atoms with Crippen molar-refractivity contribution in [3.05, 3.63) is 53.1 Å². The van der Waals surface area contributed by atoms with Crippen LogP contribution in [0, 0.1) is 0 Å². The second-order valence-corrected chi connectivity index (χ2v) is 9.82. The molecule has 0 aliphatic carbocycles. The first-order chi connectivity index (χ1) is 21.2. The van der Waals surface area contributed by atoms with E-state index in [9.17, 15) is 19.2 Å². The molecule has 0 saturated carbocycles. The lowest BCUT2D eigenvalue weighted by Gasteiger charge is -2.29. The van der Waals surface area contributed by atoms with Gasteiger partial charge in [-0.05, 0) is 36.2 Å². The number of imide groups is 1. The van der Waals surface area contributed by atoms with Gasteiger partial charge in [0.25, 0.3) is 5.91 Å². The third-order valence-corrected chi connectivity index (χ3v) is 6.89. The van der Waals surface area contributed by atoms with Crippen LogP contribution in [-0.4, -0.2) is 79.7 Å². The molecule has 44 heavy (non-hydrogen) atoms. The van der Waals surface area contributed by atoms with Crippen LogP contribution in [0.15, 0.2) is 46.5 Å². The number of methoxy groups -OCH3 is 1. The smallest absolute Gasteiger partial charge is 0.255 e. The summed E-state index contributed by atoms with van der Waals surface area (Å²) >= 11 is 0. The lowest BCUT2D eigenvalue weighted by Crippen LogP contribution is -2.52. The minimum absolute atomic E-state index is 0.180. The van der Waals surface area contributed by atoms with Crippen molar-refractivity contribution in [1.82, 2.24) is 15.5 Å². The van der Waals surface area contributed by atoms with Gasteiger partial charge in [0.2, 0.25) is 24.1 Å². The van der Waals surface area contributed by atoms with Crippen LogP contribution >= 0.6 is 0 Å². The Balaban J connectivity index is 0.00000169. The summed E-state index contributed by atoms with van der Waals surface area (Å²) in [6, 6.07) is 9.86. The van der Waals surface area contributed by atoms with Crippen LogP contribution in [0.2, 0.25) is 0 Å². The molecule has 15 nitrogen and oxygen atoms in total. The van der Waals surface area contributed by atoms with E-state index < -0.39 is 11.9 Å². The van der Waals surface area contributed by atoms with Crippen LogP contribution in [0.5, 0.6) is 5.75 Å². The van der Waals surface area contributed by atoms with Gasteiger partial charge < -0.3 is 37.6 Å². The Morgan fingerprint density at radius 2 is 1.98 bits per heavy atom. The molecule has 0 aromatic heterocycles. The van der Waals surface area contributed by atoms with Crippen LogP contribution in [0.4, 0.5) is 11.4 Å². The van der Waals surface area contributed by atoms with Crippen molar-refractivity contribution in [3.63, 3.8) is 0 Å². The molecule has 1 unspecified atom stereocenters. The van der Waals surface area contributed by atoms with Gasteiger partial charge in [0.05, 0.1) is 25.1 Å². The maximum absolute atomic E-state index is 13.0. The molecule has 9 N–H and O–H groups in total. The van der Waals surface area contributed by atoms with Gasteiger partial charge in [0.1, 0.15) is 11.8 Å². The first kappa shape index (κ1) is 33.2. The van der Waals surface area contributed by atoms with E-state index in [4.69, 9.17) is 21.1 Å². The lowest BCUT2D eigenvalue weighted by molar-refractivity contribution is -0.137. The van der Waals surface area contributed by atoms with E-state index in [1.807, 2.05) is 12.1 Å². The van der Waals surface area contributed by atoms with Crippen LogP contribution in [0.1, 0.15) is 40.7 Å². The van der Waals surface area contributed by atoms with Gasteiger partial charge in [0, 0.05) is 61.9 Å². The van der Waals surface area contributed by atoms with Gasteiger partial charge in [-0.2, -0.15) is 5.10 Å². The molecule has 2 aromatic carbocycles. The highest BCUT2D eigenvalue weighted by Crippen LogP contribution is 2.32. The Morgan fingerprint density at radius 3 is 2.68 bits per heavy atom. The molecule has 1 fully saturated rings. The largest absolute Gasteiger partial charge is 0.495 e.